The molecule has 6 rings (SSSR count). The van der Waals surface area contributed by atoms with E-state index in [1.54, 1.807) is 12.1 Å². The van der Waals surface area contributed by atoms with Crippen LogP contribution in [0, 0.1) is 34.5 Å². The first-order valence-corrected chi connectivity index (χ1v) is 18.5. The fraction of sp³-hybridized carbons (Fsp3) is 0.553. The average molecular weight is 630 g/mol. The number of nitrogens with zero attached hydrogens (tertiary/aromatic N) is 1. The third-order valence-electron chi connectivity index (χ3n) is 12.1. The molecule has 2 aromatic carbocycles. The first-order chi connectivity index (χ1) is 21.6. The Morgan fingerprint density at radius 1 is 1.02 bits per heavy atom. The van der Waals surface area contributed by atoms with Gasteiger partial charge in [0, 0.05) is 55.4 Å². The number of hydrazine groups is 1. The van der Waals surface area contributed by atoms with Gasteiger partial charge in [-0.1, -0.05) is 73.9 Å². The number of nitrogens with one attached hydrogen (secondary N) is 2. The van der Waals surface area contributed by atoms with E-state index in [1.807, 2.05) is 43.3 Å². The quantitative estimate of drug-likeness (QED) is 0.151. The van der Waals surface area contributed by atoms with E-state index in [9.17, 15) is 13.2 Å². The summed E-state index contributed by atoms with van der Waals surface area (Å²) in [7, 11) is 0.226. The van der Waals surface area contributed by atoms with Crippen LogP contribution >= 0.6 is 0 Å². The monoisotopic (exact) mass is 629 g/mol. The van der Waals surface area contributed by atoms with Gasteiger partial charge in [0.25, 0.3) is 10.0 Å². The molecule has 2 aromatic rings. The second-order valence-corrected chi connectivity index (χ2v) is 16.2. The van der Waals surface area contributed by atoms with E-state index in [-0.39, 0.29) is 5.41 Å². The third-order valence-corrected chi connectivity index (χ3v) is 13.4. The maximum atomic E-state index is 13.2. The SMILES string of the molecule is C=CC12CCC(=O)CC1=CCC1C2CCC2(C)C(CCCCCNNS(=O)(=O)c3cccc4c(N(C)C)cccc34)C=CCC12. The molecule has 0 heterocycles. The number of fused-ring (bicyclic) bond motifs is 6. The second kappa shape index (κ2) is 12.8. The van der Waals surface area contributed by atoms with E-state index in [0.29, 0.717) is 59.2 Å². The Kier molecular flexibility index (Phi) is 9.17. The lowest BCUT2D eigenvalue weighted by molar-refractivity contribution is -0.122. The maximum absolute atomic E-state index is 13.2. The molecule has 0 bridgehead atoms. The highest BCUT2D eigenvalue weighted by atomic mass is 32.2. The van der Waals surface area contributed by atoms with Crippen molar-refractivity contribution in [2.75, 3.05) is 25.5 Å². The Labute approximate surface area is 270 Å². The molecule has 6 atom stereocenters. The van der Waals surface area contributed by atoms with Crippen LogP contribution in [0.15, 0.2) is 77.7 Å². The van der Waals surface area contributed by atoms with Crippen molar-refractivity contribution >= 4 is 32.3 Å². The predicted molar refractivity (Wildman–Crippen MR) is 184 cm³/mol. The molecule has 4 aliphatic carbocycles. The van der Waals surface area contributed by atoms with Gasteiger partial charge in [-0.3, -0.25) is 4.79 Å². The van der Waals surface area contributed by atoms with E-state index in [4.69, 9.17) is 0 Å². The highest BCUT2D eigenvalue weighted by Crippen LogP contribution is 2.65. The third kappa shape index (κ3) is 5.85. The zero-order valence-corrected chi connectivity index (χ0v) is 28.2. The van der Waals surface area contributed by atoms with Crippen LogP contribution < -0.4 is 15.2 Å². The molecule has 0 spiro atoms. The van der Waals surface area contributed by atoms with Crippen LogP contribution in [0.2, 0.25) is 0 Å². The lowest BCUT2D eigenvalue weighted by Gasteiger charge is -2.60. The Morgan fingerprint density at radius 2 is 1.82 bits per heavy atom. The van der Waals surface area contributed by atoms with Crippen molar-refractivity contribution in [2.45, 2.75) is 82.4 Å². The topological polar surface area (TPSA) is 78.5 Å². The number of unbranched alkanes of at least 4 members (excludes halogenated alkanes) is 2. The van der Waals surface area contributed by atoms with E-state index < -0.39 is 10.0 Å². The molecule has 2 fully saturated rings. The van der Waals surface area contributed by atoms with Crippen LogP contribution in [0.4, 0.5) is 5.69 Å². The molecule has 7 heteroatoms. The lowest BCUT2D eigenvalue weighted by Crippen LogP contribution is -2.53. The number of allylic oxidation sites excluding steroid dienone is 5. The summed E-state index contributed by atoms with van der Waals surface area (Å²) in [5, 5.41) is 1.64. The minimum atomic E-state index is -3.70. The summed E-state index contributed by atoms with van der Waals surface area (Å²) in [6.07, 6.45) is 21.0. The van der Waals surface area contributed by atoms with Crippen LogP contribution in [-0.2, 0) is 14.8 Å². The molecular weight excluding hydrogens is 579 g/mol. The first-order valence-electron chi connectivity index (χ1n) is 17.1. The summed E-state index contributed by atoms with van der Waals surface area (Å²) >= 11 is 0. The molecule has 0 aromatic heterocycles. The van der Waals surface area contributed by atoms with Crippen LogP contribution in [-0.4, -0.2) is 34.8 Å². The minimum Gasteiger partial charge on any atom is -0.377 e. The van der Waals surface area contributed by atoms with Gasteiger partial charge in [0.15, 0.2) is 0 Å². The van der Waals surface area contributed by atoms with Gasteiger partial charge < -0.3 is 4.90 Å². The standard InChI is InChI=1S/C38H51N3O3S/c1-5-38-24-21-29(42)26-28(38)19-20-32-33-16-9-13-27(37(33,2)23-22-34(32)38)12-7-6-8-25-39-40-45(43,44)36-18-11-14-30-31(36)15-10-17-35(30)41(3)4/h5,9-11,13-15,17-19,27,32-34,39-40H,1,6-8,12,16,20-26H2,2-4H3. The second-order valence-electron chi connectivity index (χ2n) is 14.5. The van der Waals surface area contributed by atoms with Crippen LogP contribution in [0.5, 0.6) is 0 Å². The van der Waals surface area contributed by atoms with Crippen molar-refractivity contribution in [1.29, 1.82) is 0 Å². The number of rotatable bonds is 11. The molecule has 0 amide bonds. The Balaban J connectivity index is 1.01. The van der Waals surface area contributed by atoms with Gasteiger partial charge in [0.05, 0.1) is 4.90 Å². The zero-order chi connectivity index (χ0) is 31.8. The van der Waals surface area contributed by atoms with E-state index in [0.717, 1.165) is 48.6 Å². The molecule has 2 saturated carbocycles. The van der Waals surface area contributed by atoms with Gasteiger partial charge in [-0.25, -0.2) is 13.8 Å². The summed E-state index contributed by atoms with van der Waals surface area (Å²) in [6.45, 7) is 7.47. The molecule has 0 aliphatic heterocycles. The van der Waals surface area contributed by atoms with Crippen molar-refractivity contribution in [3.63, 3.8) is 0 Å². The van der Waals surface area contributed by atoms with Crippen LogP contribution in [0.25, 0.3) is 10.8 Å². The summed E-state index contributed by atoms with van der Waals surface area (Å²) in [5.74, 6) is 2.94. The zero-order valence-electron chi connectivity index (χ0n) is 27.4. The molecule has 0 radical (unpaired) electrons. The van der Waals surface area contributed by atoms with Crippen molar-refractivity contribution in [3.05, 3.63) is 72.9 Å². The fourth-order valence-electron chi connectivity index (χ4n) is 9.71. The Bertz CT molecular complexity index is 1610. The largest absolute Gasteiger partial charge is 0.377 e. The van der Waals surface area contributed by atoms with Gasteiger partial charge in [-0.2, -0.15) is 0 Å². The van der Waals surface area contributed by atoms with E-state index in [1.165, 1.54) is 31.3 Å². The molecule has 4 aliphatic rings. The molecule has 2 N–H and O–H groups in total. The van der Waals surface area contributed by atoms with Crippen molar-refractivity contribution in [2.24, 2.45) is 34.5 Å². The predicted octanol–water partition coefficient (Wildman–Crippen LogP) is 7.73. The van der Waals surface area contributed by atoms with E-state index >= 15 is 0 Å². The molecule has 45 heavy (non-hydrogen) atoms. The van der Waals surface area contributed by atoms with Crippen molar-refractivity contribution in [1.82, 2.24) is 10.3 Å². The number of sulfonamides is 1. The van der Waals surface area contributed by atoms with Crippen LogP contribution in [0.3, 0.4) is 0 Å². The number of benzene rings is 2. The van der Waals surface area contributed by atoms with Crippen molar-refractivity contribution in [3.8, 4) is 0 Å². The number of hydrogen-bond acceptors (Lipinski definition) is 5. The molecular formula is C38H51N3O3S. The van der Waals surface area contributed by atoms with E-state index in [2.05, 4.69) is 48.1 Å². The number of carbonyl (C=O) groups excluding carboxylic acids is 1. The highest BCUT2D eigenvalue weighted by Gasteiger charge is 2.57. The number of hydrogen-bond donors (Lipinski definition) is 2. The Hall–Kier alpha value is -2.74. The van der Waals surface area contributed by atoms with Gasteiger partial charge in [-0.05, 0) is 86.2 Å². The summed E-state index contributed by atoms with van der Waals surface area (Å²) in [6, 6.07) is 11.2. The molecule has 242 valence electrons. The highest BCUT2D eigenvalue weighted by molar-refractivity contribution is 7.89. The molecule has 6 nitrogen and oxygen atoms in total. The van der Waals surface area contributed by atoms with Gasteiger partial charge in [0.1, 0.15) is 5.78 Å². The number of Topliss-reactive ketones (excluding diaryl/α,β-unsaturated/α-hetero) is 1. The fourth-order valence-corrected chi connectivity index (χ4v) is 10.8. The van der Waals surface area contributed by atoms with Crippen LogP contribution in [0.1, 0.15) is 77.6 Å². The van der Waals surface area contributed by atoms with Gasteiger partial charge in [0.2, 0.25) is 0 Å². The number of ketones is 1. The summed E-state index contributed by atoms with van der Waals surface area (Å²) < 4.78 is 26.4. The lowest BCUT2D eigenvalue weighted by atomic mass is 9.44. The van der Waals surface area contributed by atoms with Gasteiger partial charge >= 0.3 is 0 Å². The van der Waals surface area contributed by atoms with Crippen molar-refractivity contribution < 1.29 is 13.2 Å². The smallest absolute Gasteiger partial charge is 0.253 e. The average Bonchev–Trinajstić information content (AvgIpc) is 3.03. The first kappa shape index (κ1) is 32.2. The van der Waals surface area contributed by atoms with Gasteiger partial charge in [-0.15, -0.1) is 11.4 Å². The molecule has 0 saturated heterocycles. The summed E-state index contributed by atoms with van der Waals surface area (Å²) in [5.41, 5.74) is 5.69. The number of anilines is 1. The molecule has 6 unspecified atom stereocenters. The maximum Gasteiger partial charge on any atom is 0.253 e. The minimum absolute atomic E-state index is 0.0338. The summed E-state index contributed by atoms with van der Waals surface area (Å²) in [4.78, 5) is 17.2. The Morgan fingerprint density at radius 3 is 2.62 bits per heavy atom. The number of carbonyl (C=O) groups is 1. The normalized spacial score (nSPS) is 31.1.